The number of nitriles is 1. The maximum absolute atomic E-state index is 8.72. The zero-order valence-corrected chi connectivity index (χ0v) is 12.2. The van der Waals surface area contributed by atoms with Crippen LogP contribution in [-0.4, -0.2) is 16.0 Å². The minimum atomic E-state index is 0.696. The van der Waals surface area contributed by atoms with Gasteiger partial charge in [0.05, 0.1) is 11.6 Å². The Kier molecular flexibility index (Phi) is 5.05. The number of aromatic nitrogens is 2. The average Bonchev–Trinajstić information content (AvgIpc) is 2.85. The van der Waals surface area contributed by atoms with Gasteiger partial charge < -0.3 is 0 Å². The summed E-state index contributed by atoms with van der Waals surface area (Å²) in [6.07, 6.45) is 0. The van der Waals surface area contributed by atoms with Gasteiger partial charge in [-0.05, 0) is 23.4 Å². The largest absolute Gasteiger partial charge is 0.192 e. The molecule has 0 unspecified atom stereocenters. The molecule has 1 aromatic heterocycles. The van der Waals surface area contributed by atoms with Gasteiger partial charge in [0.15, 0.2) is 8.68 Å². The maximum atomic E-state index is 8.72. The minimum Gasteiger partial charge on any atom is -0.192 e. The van der Waals surface area contributed by atoms with Crippen molar-refractivity contribution in [1.82, 2.24) is 10.2 Å². The van der Waals surface area contributed by atoms with Gasteiger partial charge in [-0.25, -0.2) is 0 Å². The number of benzene rings is 1. The van der Waals surface area contributed by atoms with Crippen LogP contribution in [0.1, 0.15) is 18.1 Å². The molecule has 0 aliphatic carbocycles. The van der Waals surface area contributed by atoms with Crippen LogP contribution in [0.3, 0.4) is 0 Å². The summed E-state index contributed by atoms with van der Waals surface area (Å²) in [5.41, 5.74) is 1.89. The molecule has 1 heterocycles. The van der Waals surface area contributed by atoms with E-state index in [1.54, 1.807) is 34.9 Å². The Labute approximate surface area is 119 Å². The second-order valence-electron chi connectivity index (χ2n) is 3.36. The summed E-state index contributed by atoms with van der Waals surface area (Å²) in [7, 11) is 0. The fraction of sp³-hybridized carbons (Fsp3) is 0.250. The van der Waals surface area contributed by atoms with Gasteiger partial charge in [0.2, 0.25) is 0 Å². The molecule has 0 saturated heterocycles. The molecule has 0 aliphatic heterocycles. The Morgan fingerprint density at radius 3 is 2.44 bits per heavy atom. The van der Waals surface area contributed by atoms with Crippen molar-refractivity contribution in [2.75, 3.05) is 5.75 Å². The van der Waals surface area contributed by atoms with E-state index in [0.717, 1.165) is 20.2 Å². The molecule has 0 fully saturated rings. The molecular weight excluding hydrogens is 282 g/mol. The summed E-state index contributed by atoms with van der Waals surface area (Å²) >= 11 is 5.04. The van der Waals surface area contributed by atoms with Gasteiger partial charge in [-0.15, -0.1) is 10.2 Å². The molecule has 18 heavy (non-hydrogen) atoms. The van der Waals surface area contributed by atoms with Crippen molar-refractivity contribution in [3.63, 3.8) is 0 Å². The first kappa shape index (κ1) is 13.4. The lowest BCUT2D eigenvalue weighted by molar-refractivity contribution is 0.954. The van der Waals surface area contributed by atoms with Gasteiger partial charge in [-0.2, -0.15) is 5.26 Å². The van der Waals surface area contributed by atoms with E-state index < -0.39 is 0 Å². The van der Waals surface area contributed by atoms with E-state index in [0.29, 0.717) is 5.56 Å². The molecule has 3 nitrogen and oxygen atoms in total. The van der Waals surface area contributed by atoms with E-state index >= 15 is 0 Å². The molecule has 2 rings (SSSR count). The lowest BCUT2D eigenvalue weighted by Crippen LogP contribution is -1.81. The fourth-order valence-electron chi connectivity index (χ4n) is 1.26. The molecule has 0 saturated carbocycles. The molecule has 6 heteroatoms. The first-order valence-electron chi connectivity index (χ1n) is 5.40. The van der Waals surface area contributed by atoms with Crippen LogP contribution >= 0.6 is 34.9 Å². The van der Waals surface area contributed by atoms with E-state index in [1.165, 1.54) is 5.56 Å². The third-order valence-electron chi connectivity index (χ3n) is 2.10. The van der Waals surface area contributed by atoms with Gasteiger partial charge >= 0.3 is 0 Å². The lowest BCUT2D eigenvalue weighted by atomic mass is 10.2. The Balaban J connectivity index is 1.91. The van der Waals surface area contributed by atoms with E-state index in [2.05, 4.69) is 23.2 Å². The molecule has 0 bridgehead atoms. The Morgan fingerprint density at radius 1 is 1.17 bits per heavy atom. The highest BCUT2D eigenvalue weighted by molar-refractivity contribution is 8.02. The highest BCUT2D eigenvalue weighted by Crippen LogP contribution is 2.30. The van der Waals surface area contributed by atoms with Gasteiger partial charge in [0, 0.05) is 5.75 Å². The van der Waals surface area contributed by atoms with Crippen molar-refractivity contribution in [2.45, 2.75) is 21.4 Å². The Morgan fingerprint density at radius 2 is 1.83 bits per heavy atom. The van der Waals surface area contributed by atoms with E-state index in [1.807, 2.05) is 24.3 Å². The maximum Gasteiger partial charge on any atom is 0.175 e. The van der Waals surface area contributed by atoms with Crippen LogP contribution in [0.2, 0.25) is 0 Å². The van der Waals surface area contributed by atoms with Gasteiger partial charge in [-0.3, -0.25) is 0 Å². The highest BCUT2D eigenvalue weighted by atomic mass is 32.2. The van der Waals surface area contributed by atoms with Gasteiger partial charge in [0.25, 0.3) is 0 Å². The third-order valence-corrected chi connectivity index (χ3v) is 5.24. The SMILES string of the molecule is CCSc1nnc(SCc2ccc(C#N)cc2)s1. The van der Waals surface area contributed by atoms with Gasteiger partial charge in [0.1, 0.15) is 0 Å². The molecule has 2 aromatic rings. The van der Waals surface area contributed by atoms with Crippen LogP contribution in [0.15, 0.2) is 32.9 Å². The molecule has 0 radical (unpaired) electrons. The smallest absolute Gasteiger partial charge is 0.175 e. The number of hydrogen-bond acceptors (Lipinski definition) is 6. The molecule has 0 amide bonds. The van der Waals surface area contributed by atoms with Crippen LogP contribution in [0, 0.1) is 11.3 Å². The zero-order valence-electron chi connectivity index (χ0n) is 9.79. The molecule has 92 valence electrons. The Bertz CT molecular complexity index is 542. The average molecular weight is 293 g/mol. The van der Waals surface area contributed by atoms with E-state index in [4.69, 9.17) is 5.26 Å². The van der Waals surface area contributed by atoms with Crippen LogP contribution in [0.4, 0.5) is 0 Å². The predicted molar refractivity (Wildman–Crippen MR) is 77.0 cm³/mol. The first-order valence-corrected chi connectivity index (χ1v) is 8.18. The highest BCUT2D eigenvalue weighted by Gasteiger charge is 2.04. The Hall–Kier alpha value is -1.03. The number of hydrogen-bond donors (Lipinski definition) is 0. The summed E-state index contributed by atoms with van der Waals surface area (Å²) < 4.78 is 2.02. The summed E-state index contributed by atoms with van der Waals surface area (Å²) in [5.74, 6) is 1.88. The van der Waals surface area contributed by atoms with Crippen LogP contribution < -0.4 is 0 Å². The standard InChI is InChI=1S/C12H11N3S3/c1-2-16-11-14-15-12(18-11)17-8-10-5-3-9(7-13)4-6-10/h3-6H,2,8H2,1H3. The topological polar surface area (TPSA) is 49.6 Å². The monoisotopic (exact) mass is 293 g/mol. The summed E-state index contributed by atoms with van der Waals surface area (Å²) in [4.78, 5) is 0. The van der Waals surface area contributed by atoms with Crippen LogP contribution in [-0.2, 0) is 5.75 Å². The van der Waals surface area contributed by atoms with Crippen molar-refractivity contribution in [2.24, 2.45) is 0 Å². The number of rotatable bonds is 5. The van der Waals surface area contributed by atoms with Crippen molar-refractivity contribution in [1.29, 1.82) is 5.26 Å². The second kappa shape index (κ2) is 6.78. The van der Waals surface area contributed by atoms with Crippen LogP contribution in [0.25, 0.3) is 0 Å². The lowest BCUT2D eigenvalue weighted by Gasteiger charge is -1.98. The number of nitrogens with zero attached hydrogens (tertiary/aromatic N) is 3. The fourth-order valence-corrected chi connectivity index (χ4v) is 4.13. The second-order valence-corrected chi connectivity index (χ2v) is 7.08. The predicted octanol–water partition coefficient (Wildman–Crippen LogP) is 3.81. The summed E-state index contributed by atoms with van der Waals surface area (Å²) in [6, 6.07) is 9.76. The molecule has 1 aromatic carbocycles. The van der Waals surface area contributed by atoms with E-state index in [-0.39, 0.29) is 0 Å². The normalized spacial score (nSPS) is 10.2. The summed E-state index contributed by atoms with van der Waals surface area (Å²) in [5, 5.41) is 17.0. The van der Waals surface area contributed by atoms with Crippen LogP contribution in [0.5, 0.6) is 0 Å². The van der Waals surface area contributed by atoms with E-state index in [9.17, 15) is 0 Å². The minimum absolute atomic E-state index is 0.696. The summed E-state index contributed by atoms with van der Waals surface area (Å²) in [6.45, 7) is 2.11. The molecule has 0 spiro atoms. The van der Waals surface area contributed by atoms with Crippen molar-refractivity contribution in [3.05, 3.63) is 35.4 Å². The molecule has 0 atom stereocenters. The van der Waals surface area contributed by atoms with Gasteiger partial charge in [-0.1, -0.05) is 53.9 Å². The quantitative estimate of drug-likeness (QED) is 0.784. The third kappa shape index (κ3) is 3.73. The molecular formula is C12H11N3S3. The molecule has 0 N–H and O–H groups in total. The molecule has 0 aliphatic rings. The number of thioether (sulfide) groups is 2. The van der Waals surface area contributed by atoms with Crippen molar-refractivity contribution < 1.29 is 0 Å². The zero-order chi connectivity index (χ0) is 12.8. The first-order chi connectivity index (χ1) is 8.81. The van der Waals surface area contributed by atoms with Crippen molar-refractivity contribution in [3.8, 4) is 6.07 Å². The van der Waals surface area contributed by atoms with Crippen molar-refractivity contribution >= 4 is 34.9 Å².